The van der Waals surface area contributed by atoms with Crippen LogP contribution in [0, 0.1) is 26.7 Å². The minimum atomic E-state index is -0.597. The third kappa shape index (κ3) is 4.84. The van der Waals surface area contributed by atoms with E-state index in [-0.39, 0.29) is 23.3 Å². The molecule has 3 rings (SSSR count). The standard InChI is InChI=1S/C24H28N2O3/c1-15-11-16(2)22(17(3)12-15)23-21(28)13-18(24(23)29)7-5-4-6-8-20(27)19-9-10-25-14-26-19/h9-12,14,18,23H,4-8,13H2,1-3H3. The molecule has 2 aromatic rings. The smallest absolute Gasteiger partial charge is 0.181 e. The predicted octanol–water partition coefficient (Wildman–Crippen LogP) is 4.48. The molecule has 0 N–H and O–H groups in total. The normalized spacial score (nSPS) is 19.0. The maximum absolute atomic E-state index is 13.0. The lowest BCUT2D eigenvalue weighted by Crippen LogP contribution is -2.17. The zero-order chi connectivity index (χ0) is 21.0. The van der Waals surface area contributed by atoms with Crippen LogP contribution in [0.3, 0.4) is 0 Å². The molecule has 1 aromatic heterocycles. The third-order valence-corrected chi connectivity index (χ3v) is 5.81. The van der Waals surface area contributed by atoms with Crippen LogP contribution in [0.15, 0.2) is 30.7 Å². The zero-order valence-electron chi connectivity index (χ0n) is 17.4. The molecule has 1 heterocycles. The van der Waals surface area contributed by atoms with Crippen molar-refractivity contribution in [2.24, 2.45) is 5.92 Å². The highest BCUT2D eigenvalue weighted by Gasteiger charge is 2.42. The summed E-state index contributed by atoms with van der Waals surface area (Å²) in [5.41, 5.74) is 4.55. The Morgan fingerprint density at radius 1 is 1.07 bits per heavy atom. The first kappa shape index (κ1) is 21.0. The van der Waals surface area contributed by atoms with E-state index in [1.165, 1.54) is 6.33 Å². The number of nitrogens with zero attached hydrogens (tertiary/aromatic N) is 2. The summed E-state index contributed by atoms with van der Waals surface area (Å²) in [6.45, 7) is 6.00. The van der Waals surface area contributed by atoms with E-state index < -0.39 is 5.92 Å². The van der Waals surface area contributed by atoms with Crippen molar-refractivity contribution in [1.82, 2.24) is 9.97 Å². The van der Waals surface area contributed by atoms with Crippen LogP contribution in [-0.2, 0) is 9.59 Å². The fraction of sp³-hybridized carbons (Fsp3) is 0.458. The Labute approximate surface area is 172 Å². The Morgan fingerprint density at radius 2 is 1.79 bits per heavy atom. The summed E-state index contributed by atoms with van der Waals surface area (Å²) < 4.78 is 0. The van der Waals surface area contributed by atoms with Crippen LogP contribution in [0.2, 0.25) is 0 Å². The van der Waals surface area contributed by atoms with Crippen LogP contribution in [-0.4, -0.2) is 27.3 Å². The Bertz CT molecular complexity index is 898. The van der Waals surface area contributed by atoms with Crippen LogP contribution in [0.4, 0.5) is 0 Å². The van der Waals surface area contributed by atoms with Crippen LogP contribution in [0.25, 0.3) is 0 Å². The number of aromatic nitrogens is 2. The molecular formula is C24H28N2O3. The summed E-state index contributed by atoms with van der Waals surface area (Å²) in [5, 5.41) is 0. The van der Waals surface area contributed by atoms with E-state index in [2.05, 4.69) is 9.97 Å². The number of hydrogen-bond donors (Lipinski definition) is 0. The molecule has 0 radical (unpaired) electrons. The molecule has 1 aliphatic carbocycles. The summed E-state index contributed by atoms with van der Waals surface area (Å²) >= 11 is 0. The van der Waals surface area contributed by atoms with Crippen molar-refractivity contribution in [3.05, 3.63) is 58.7 Å². The van der Waals surface area contributed by atoms with Gasteiger partial charge in [0.15, 0.2) is 11.6 Å². The fourth-order valence-electron chi connectivity index (χ4n) is 4.49. The topological polar surface area (TPSA) is 77.0 Å². The van der Waals surface area contributed by atoms with Crippen molar-refractivity contribution in [3.8, 4) is 0 Å². The molecule has 0 aliphatic heterocycles. The molecule has 0 amide bonds. The number of carbonyl (C=O) groups is 3. The van der Waals surface area contributed by atoms with Gasteiger partial charge < -0.3 is 0 Å². The van der Waals surface area contributed by atoms with Gasteiger partial charge in [0.2, 0.25) is 0 Å². The molecule has 29 heavy (non-hydrogen) atoms. The van der Waals surface area contributed by atoms with Gasteiger partial charge in [-0.05, 0) is 56.4 Å². The summed E-state index contributed by atoms with van der Waals surface area (Å²) in [7, 11) is 0. The Balaban J connectivity index is 1.51. The van der Waals surface area contributed by atoms with Crippen molar-refractivity contribution in [2.45, 2.75) is 65.2 Å². The molecule has 2 unspecified atom stereocenters. The second kappa shape index (κ2) is 9.21. The summed E-state index contributed by atoms with van der Waals surface area (Å²) in [6, 6.07) is 5.72. The molecule has 0 saturated heterocycles. The number of unbranched alkanes of at least 4 members (excludes halogenated alkanes) is 2. The first-order valence-electron chi connectivity index (χ1n) is 10.3. The van der Waals surface area contributed by atoms with Gasteiger partial charge in [-0.1, -0.05) is 30.5 Å². The highest BCUT2D eigenvalue weighted by molar-refractivity contribution is 6.14. The molecule has 5 heteroatoms. The fourth-order valence-corrected chi connectivity index (χ4v) is 4.49. The van der Waals surface area contributed by atoms with Crippen LogP contribution >= 0.6 is 0 Å². The van der Waals surface area contributed by atoms with Gasteiger partial charge in [-0.15, -0.1) is 0 Å². The molecule has 1 saturated carbocycles. The molecular weight excluding hydrogens is 364 g/mol. The second-order valence-electron chi connectivity index (χ2n) is 8.13. The maximum Gasteiger partial charge on any atom is 0.181 e. The van der Waals surface area contributed by atoms with Crippen LogP contribution in [0.1, 0.15) is 77.2 Å². The van der Waals surface area contributed by atoms with Gasteiger partial charge in [-0.25, -0.2) is 9.97 Å². The SMILES string of the molecule is Cc1cc(C)c(C2C(=O)CC(CCCCCC(=O)c3ccncn3)C2=O)c(C)c1. The molecule has 0 spiro atoms. The van der Waals surface area contributed by atoms with E-state index in [0.29, 0.717) is 25.0 Å². The van der Waals surface area contributed by atoms with E-state index in [1.54, 1.807) is 12.3 Å². The van der Waals surface area contributed by atoms with Crippen molar-refractivity contribution in [1.29, 1.82) is 0 Å². The van der Waals surface area contributed by atoms with E-state index >= 15 is 0 Å². The minimum absolute atomic E-state index is 0.0184. The van der Waals surface area contributed by atoms with Crippen molar-refractivity contribution in [2.75, 3.05) is 0 Å². The summed E-state index contributed by atoms with van der Waals surface area (Å²) in [6.07, 6.45) is 6.92. The van der Waals surface area contributed by atoms with Gasteiger partial charge in [0, 0.05) is 25.0 Å². The minimum Gasteiger partial charge on any atom is -0.298 e. The highest BCUT2D eigenvalue weighted by atomic mass is 16.2. The number of Topliss-reactive ketones (excluding diaryl/α,β-unsaturated/α-hetero) is 3. The van der Waals surface area contributed by atoms with Gasteiger partial charge in [0.05, 0.1) is 0 Å². The zero-order valence-corrected chi connectivity index (χ0v) is 17.4. The summed E-state index contributed by atoms with van der Waals surface area (Å²) in [4.78, 5) is 45.5. The van der Waals surface area contributed by atoms with Gasteiger partial charge >= 0.3 is 0 Å². The molecule has 1 aliphatic rings. The monoisotopic (exact) mass is 392 g/mol. The third-order valence-electron chi connectivity index (χ3n) is 5.81. The maximum atomic E-state index is 13.0. The number of hydrogen-bond acceptors (Lipinski definition) is 5. The lowest BCUT2D eigenvalue weighted by molar-refractivity contribution is -0.124. The molecule has 2 atom stereocenters. The van der Waals surface area contributed by atoms with E-state index in [1.807, 2.05) is 32.9 Å². The molecule has 1 aromatic carbocycles. The average Bonchev–Trinajstić information content (AvgIpc) is 2.95. The highest BCUT2D eigenvalue weighted by Crippen LogP contribution is 2.38. The van der Waals surface area contributed by atoms with E-state index in [0.717, 1.165) is 41.5 Å². The largest absolute Gasteiger partial charge is 0.298 e. The van der Waals surface area contributed by atoms with Gasteiger partial charge in [-0.2, -0.15) is 0 Å². The predicted molar refractivity (Wildman–Crippen MR) is 111 cm³/mol. The number of carbonyl (C=O) groups excluding carboxylic acids is 3. The van der Waals surface area contributed by atoms with Crippen molar-refractivity contribution in [3.63, 3.8) is 0 Å². The van der Waals surface area contributed by atoms with Crippen LogP contribution < -0.4 is 0 Å². The Hall–Kier alpha value is -2.69. The van der Waals surface area contributed by atoms with Crippen LogP contribution in [0.5, 0.6) is 0 Å². The van der Waals surface area contributed by atoms with E-state index in [4.69, 9.17) is 0 Å². The first-order valence-corrected chi connectivity index (χ1v) is 10.3. The second-order valence-corrected chi connectivity index (χ2v) is 8.13. The molecule has 5 nitrogen and oxygen atoms in total. The first-order chi connectivity index (χ1) is 13.9. The number of aryl methyl sites for hydroxylation is 3. The van der Waals surface area contributed by atoms with Gasteiger partial charge in [0.25, 0.3) is 0 Å². The lowest BCUT2D eigenvalue weighted by Gasteiger charge is -2.16. The van der Waals surface area contributed by atoms with Gasteiger partial charge in [0.1, 0.15) is 23.7 Å². The lowest BCUT2D eigenvalue weighted by atomic mass is 9.86. The summed E-state index contributed by atoms with van der Waals surface area (Å²) in [5.74, 6) is -0.647. The number of ketones is 3. The van der Waals surface area contributed by atoms with Crippen molar-refractivity contribution >= 4 is 17.3 Å². The molecule has 0 bridgehead atoms. The Morgan fingerprint density at radius 3 is 2.45 bits per heavy atom. The molecule has 1 fully saturated rings. The Kier molecular flexibility index (Phi) is 6.68. The number of rotatable bonds is 8. The van der Waals surface area contributed by atoms with Gasteiger partial charge in [-0.3, -0.25) is 14.4 Å². The molecule has 152 valence electrons. The number of benzene rings is 1. The van der Waals surface area contributed by atoms with E-state index in [9.17, 15) is 14.4 Å². The van der Waals surface area contributed by atoms with Crippen molar-refractivity contribution < 1.29 is 14.4 Å². The quantitative estimate of drug-likeness (QED) is 0.376. The average molecular weight is 392 g/mol.